The molecule has 3 unspecified atom stereocenters. The van der Waals surface area contributed by atoms with Crippen LogP contribution in [0.15, 0.2) is 0 Å². The molecule has 0 aromatic heterocycles. The van der Waals surface area contributed by atoms with Crippen LogP contribution in [0.5, 0.6) is 0 Å². The summed E-state index contributed by atoms with van der Waals surface area (Å²) in [6.07, 6.45) is 72.4. The van der Waals surface area contributed by atoms with E-state index in [-0.39, 0.29) is 25.7 Å². The van der Waals surface area contributed by atoms with Crippen molar-refractivity contribution in [2.45, 2.75) is 483 Å². The molecule has 19 heteroatoms. The van der Waals surface area contributed by atoms with Gasteiger partial charge in [0.15, 0.2) is 12.2 Å². The van der Waals surface area contributed by atoms with Gasteiger partial charge in [-0.15, -0.1) is 0 Å². The molecular weight excluding hydrogens is 1370 g/mol. The molecule has 0 aliphatic carbocycles. The Kier molecular flexibility index (Phi) is 77.3. The predicted molar refractivity (Wildman–Crippen MR) is 432 cm³/mol. The summed E-state index contributed by atoms with van der Waals surface area (Å²) in [7, 11) is -9.93. The third-order valence-electron chi connectivity index (χ3n) is 20.6. The monoisotopic (exact) mass is 1540 g/mol. The molecule has 105 heavy (non-hydrogen) atoms. The number of phosphoric ester groups is 2. The summed E-state index contributed by atoms with van der Waals surface area (Å²) < 4.78 is 68.9. The van der Waals surface area contributed by atoms with Crippen LogP contribution in [0.25, 0.3) is 0 Å². The summed E-state index contributed by atoms with van der Waals surface area (Å²) in [5.41, 5.74) is 0. The highest BCUT2D eigenvalue weighted by Crippen LogP contribution is 2.45. The number of phosphoric acid groups is 2. The minimum absolute atomic E-state index is 0.108. The normalized spacial score (nSPS) is 14.0. The Balaban J connectivity index is 5.21. The number of aliphatic hydroxyl groups excluding tert-OH is 1. The highest BCUT2D eigenvalue weighted by Gasteiger charge is 2.30. The maximum Gasteiger partial charge on any atom is 0.472 e. The van der Waals surface area contributed by atoms with Gasteiger partial charge in [0.2, 0.25) is 0 Å². The maximum absolute atomic E-state index is 13.1. The minimum atomic E-state index is -4.97. The van der Waals surface area contributed by atoms with E-state index >= 15 is 0 Å². The molecule has 3 N–H and O–H groups in total. The topological polar surface area (TPSA) is 237 Å². The Morgan fingerprint density at radius 2 is 0.457 bits per heavy atom. The lowest BCUT2D eigenvalue weighted by Gasteiger charge is -2.21. The van der Waals surface area contributed by atoms with Crippen molar-refractivity contribution < 1.29 is 80.2 Å². The summed E-state index contributed by atoms with van der Waals surface area (Å²) in [4.78, 5) is 73.2. The molecule has 17 nitrogen and oxygen atoms in total. The molecular formula is C86H168O17P2. The third kappa shape index (κ3) is 78.5. The largest absolute Gasteiger partial charge is 0.472 e. The van der Waals surface area contributed by atoms with E-state index in [0.717, 1.165) is 102 Å². The molecule has 0 saturated heterocycles. The minimum Gasteiger partial charge on any atom is -0.462 e. The van der Waals surface area contributed by atoms with Crippen molar-refractivity contribution in [3.05, 3.63) is 0 Å². The van der Waals surface area contributed by atoms with Crippen molar-refractivity contribution in [1.82, 2.24) is 0 Å². The van der Waals surface area contributed by atoms with Gasteiger partial charge in [-0.1, -0.05) is 413 Å². The number of hydrogen-bond acceptors (Lipinski definition) is 15. The molecule has 0 bridgehead atoms. The van der Waals surface area contributed by atoms with E-state index in [0.29, 0.717) is 25.7 Å². The van der Waals surface area contributed by atoms with Crippen LogP contribution < -0.4 is 0 Å². The maximum atomic E-state index is 13.1. The van der Waals surface area contributed by atoms with Gasteiger partial charge in [0.1, 0.15) is 19.3 Å². The lowest BCUT2D eigenvalue weighted by atomic mass is 10.00. The standard InChI is InChI=1S/C86H168O17P2/c1-6-10-13-16-19-22-25-28-31-33-35-37-39-41-43-46-49-52-55-62-67-72-85(90)102-81(75-96-83(88)69-64-59-53-50-47-45-42-40-38-36-34-32-29-26-23-20-17-14-11-7-2)77-100-104(92,93)98-73-80(87)74-99-105(94,95)101-78-82(76-97-84(89)70-65-60-57-56-58-63-68-79(5)9-4)103-86(91)71-66-61-54-51-48-44-30-27-24-21-18-15-12-8-3/h79-82,87H,6-78H2,1-5H3,(H,92,93)(H,94,95)/t79?,80-,81-,82-/m1/s1. The van der Waals surface area contributed by atoms with Gasteiger partial charge in [0, 0.05) is 25.7 Å². The number of carbonyl (C=O) groups is 4. The van der Waals surface area contributed by atoms with Crippen LogP contribution in [0, 0.1) is 5.92 Å². The zero-order valence-electron chi connectivity index (χ0n) is 68.9. The number of rotatable bonds is 86. The van der Waals surface area contributed by atoms with Crippen molar-refractivity contribution in [2.24, 2.45) is 5.92 Å². The lowest BCUT2D eigenvalue weighted by molar-refractivity contribution is -0.161. The Morgan fingerprint density at radius 1 is 0.267 bits per heavy atom. The van der Waals surface area contributed by atoms with Gasteiger partial charge >= 0.3 is 39.5 Å². The van der Waals surface area contributed by atoms with Crippen molar-refractivity contribution in [3.8, 4) is 0 Å². The fourth-order valence-corrected chi connectivity index (χ4v) is 15.0. The van der Waals surface area contributed by atoms with Crippen molar-refractivity contribution in [2.75, 3.05) is 39.6 Å². The van der Waals surface area contributed by atoms with E-state index in [1.165, 1.54) is 283 Å². The number of ether oxygens (including phenoxy) is 4. The smallest absolute Gasteiger partial charge is 0.462 e. The molecule has 0 amide bonds. The number of hydrogen-bond donors (Lipinski definition) is 3. The number of unbranched alkanes of at least 4 members (excludes halogenated alkanes) is 57. The van der Waals surface area contributed by atoms with Crippen LogP contribution in [0.4, 0.5) is 0 Å². The Labute approximate surface area is 645 Å². The van der Waals surface area contributed by atoms with Gasteiger partial charge in [-0.2, -0.15) is 0 Å². The zero-order chi connectivity index (χ0) is 76.9. The van der Waals surface area contributed by atoms with Crippen molar-refractivity contribution in [3.63, 3.8) is 0 Å². The van der Waals surface area contributed by atoms with E-state index in [2.05, 4.69) is 34.6 Å². The average Bonchev–Trinajstić information content (AvgIpc) is 0.905. The summed E-state index contributed by atoms with van der Waals surface area (Å²) >= 11 is 0. The molecule has 0 aromatic rings. The zero-order valence-corrected chi connectivity index (χ0v) is 70.7. The van der Waals surface area contributed by atoms with E-state index < -0.39 is 97.5 Å². The predicted octanol–water partition coefficient (Wildman–Crippen LogP) is 26.4. The summed E-state index contributed by atoms with van der Waals surface area (Å²) in [6.45, 7) is 7.32. The average molecular weight is 1540 g/mol. The van der Waals surface area contributed by atoms with Crippen LogP contribution in [-0.4, -0.2) is 96.7 Å². The fourth-order valence-electron chi connectivity index (χ4n) is 13.4. The van der Waals surface area contributed by atoms with Crippen molar-refractivity contribution >= 4 is 39.5 Å². The van der Waals surface area contributed by atoms with E-state index in [1.807, 2.05) is 0 Å². The molecule has 0 rings (SSSR count). The Morgan fingerprint density at radius 3 is 0.676 bits per heavy atom. The quantitative estimate of drug-likeness (QED) is 0.0222. The summed E-state index contributed by atoms with van der Waals surface area (Å²) in [6, 6.07) is 0. The first-order valence-electron chi connectivity index (χ1n) is 44.7. The van der Waals surface area contributed by atoms with E-state index in [9.17, 15) is 43.2 Å². The van der Waals surface area contributed by atoms with Gasteiger partial charge in [-0.05, 0) is 31.6 Å². The lowest BCUT2D eigenvalue weighted by Crippen LogP contribution is -2.30. The molecule has 0 fully saturated rings. The second kappa shape index (κ2) is 78.7. The molecule has 0 saturated carbocycles. The van der Waals surface area contributed by atoms with Gasteiger partial charge in [0.25, 0.3) is 0 Å². The molecule has 0 radical (unpaired) electrons. The van der Waals surface area contributed by atoms with Crippen molar-refractivity contribution in [1.29, 1.82) is 0 Å². The van der Waals surface area contributed by atoms with E-state index in [4.69, 9.17) is 37.0 Å². The molecule has 0 aromatic carbocycles. The van der Waals surface area contributed by atoms with Crippen LogP contribution in [0.1, 0.15) is 465 Å². The molecule has 6 atom stereocenters. The van der Waals surface area contributed by atoms with Crippen LogP contribution in [0.2, 0.25) is 0 Å². The van der Waals surface area contributed by atoms with Gasteiger partial charge in [-0.25, -0.2) is 9.13 Å². The highest BCUT2D eigenvalue weighted by atomic mass is 31.2. The summed E-state index contributed by atoms with van der Waals surface area (Å²) in [5, 5.41) is 10.7. The molecule has 0 heterocycles. The first-order valence-corrected chi connectivity index (χ1v) is 47.7. The van der Waals surface area contributed by atoms with Crippen LogP contribution >= 0.6 is 15.6 Å². The number of aliphatic hydroxyl groups is 1. The molecule has 0 aliphatic heterocycles. The molecule has 624 valence electrons. The van der Waals surface area contributed by atoms with Gasteiger partial charge < -0.3 is 33.8 Å². The number of carbonyl (C=O) groups excluding carboxylic acids is 4. The van der Waals surface area contributed by atoms with Gasteiger partial charge in [0.05, 0.1) is 26.4 Å². The third-order valence-corrected chi connectivity index (χ3v) is 22.5. The second-order valence-electron chi connectivity index (χ2n) is 31.2. The molecule has 0 aliphatic rings. The highest BCUT2D eigenvalue weighted by molar-refractivity contribution is 7.47. The first-order chi connectivity index (χ1) is 51.1. The molecule has 0 spiro atoms. The second-order valence-corrected chi connectivity index (χ2v) is 34.1. The SMILES string of the molecule is CCCCCCCCCCCCCCCCCCCCCCCC(=O)O[C@H](COC(=O)CCCCCCCCCCCCCCCCCCCCCC)COP(=O)(O)OC[C@@H](O)COP(=O)(O)OC[C@@H](COC(=O)CCCCCCCCC(C)CC)OC(=O)CCCCCCCCCCCCCCCC. The van der Waals surface area contributed by atoms with Crippen LogP contribution in [-0.2, 0) is 65.4 Å². The summed E-state index contributed by atoms with van der Waals surface area (Å²) in [5.74, 6) is -1.37. The first kappa shape index (κ1) is 103. The Bertz CT molecular complexity index is 2000. The van der Waals surface area contributed by atoms with Crippen LogP contribution in [0.3, 0.4) is 0 Å². The van der Waals surface area contributed by atoms with Gasteiger partial charge in [-0.3, -0.25) is 37.3 Å². The number of esters is 4. The fraction of sp³-hybridized carbons (Fsp3) is 0.953. The van der Waals surface area contributed by atoms with E-state index in [1.54, 1.807) is 0 Å². The Hall–Kier alpha value is -1.94.